The predicted molar refractivity (Wildman–Crippen MR) is 204 cm³/mol. The zero-order valence-electron chi connectivity index (χ0n) is 31.1. The van der Waals surface area contributed by atoms with Crippen molar-refractivity contribution < 1.29 is 9.90 Å². The molecule has 2 aliphatic rings. The van der Waals surface area contributed by atoms with Crippen molar-refractivity contribution in [3.05, 3.63) is 130 Å². The van der Waals surface area contributed by atoms with E-state index in [1.807, 2.05) is 6.92 Å². The summed E-state index contributed by atoms with van der Waals surface area (Å²) in [6, 6.07) is 0. The molecule has 46 heavy (non-hydrogen) atoms. The molecule has 0 saturated carbocycles. The maximum Gasteiger partial charge on any atom is 0.303 e. The summed E-state index contributed by atoms with van der Waals surface area (Å²) in [7, 11) is 0. The van der Waals surface area contributed by atoms with Crippen molar-refractivity contribution >= 4 is 5.97 Å². The predicted octanol–water partition coefficient (Wildman–Crippen LogP) is 13.5. The first-order valence-corrected chi connectivity index (χ1v) is 17.3. The zero-order valence-corrected chi connectivity index (χ0v) is 31.1. The highest BCUT2D eigenvalue weighted by Gasteiger charge is 2.27. The number of carbonyl (C=O) groups is 1. The highest BCUT2D eigenvalue weighted by atomic mass is 16.4. The van der Waals surface area contributed by atoms with Crippen molar-refractivity contribution in [3.63, 3.8) is 0 Å². The van der Waals surface area contributed by atoms with Crippen LogP contribution in [0.5, 0.6) is 0 Å². The Bertz CT molecular complexity index is 1250. The molecular formula is C44H64O2. The Morgan fingerprint density at radius 3 is 1.28 bits per heavy atom. The summed E-state index contributed by atoms with van der Waals surface area (Å²) in [5.74, 6) is -0.711. The number of carboxylic acids is 1. The highest BCUT2D eigenvalue weighted by molar-refractivity contribution is 5.66. The first-order valence-electron chi connectivity index (χ1n) is 17.3. The minimum atomic E-state index is -0.711. The van der Waals surface area contributed by atoms with Crippen LogP contribution in [0.15, 0.2) is 130 Å². The van der Waals surface area contributed by atoms with Crippen molar-refractivity contribution in [2.24, 2.45) is 10.8 Å². The highest BCUT2D eigenvalue weighted by Crippen LogP contribution is 2.41. The van der Waals surface area contributed by atoms with Crippen molar-refractivity contribution in [3.8, 4) is 0 Å². The average Bonchev–Trinajstić information content (AvgIpc) is 2.94. The SMILES string of the molecule is CC1=C(/C=C/C(C)=C/C=C/C(C)=C/C=C/C=C(C)/C=C/C=C(C)/C=C/C2=C(C)CCCC2(C)C)C(C)(C)CCC1.CCCC(=O)O. The van der Waals surface area contributed by atoms with Crippen molar-refractivity contribution in [2.75, 3.05) is 0 Å². The van der Waals surface area contributed by atoms with Gasteiger partial charge in [0.15, 0.2) is 0 Å². The molecule has 2 nitrogen and oxygen atoms in total. The second kappa shape index (κ2) is 20.7. The Morgan fingerprint density at radius 1 is 0.630 bits per heavy atom. The Hall–Kier alpha value is -3.39. The minimum absolute atomic E-state index is 0.291. The van der Waals surface area contributed by atoms with Gasteiger partial charge >= 0.3 is 5.97 Å². The summed E-state index contributed by atoms with van der Waals surface area (Å²) in [6.45, 7) is 24.6. The van der Waals surface area contributed by atoms with E-state index in [-0.39, 0.29) is 0 Å². The van der Waals surface area contributed by atoms with Crippen LogP contribution in [0.25, 0.3) is 0 Å². The van der Waals surface area contributed by atoms with Gasteiger partial charge in [-0.05, 0) is 108 Å². The van der Waals surface area contributed by atoms with E-state index < -0.39 is 5.97 Å². The molecule has 0 aromatic carbocycles. The molecular weight excluding hydrogens is 560 g/mol. The van der Waals surface area contributed by atoms with Crippen LogP contribution in [0.4, 0.5) is 0 Å². The quantitative estimate of drug-likeness (QED) is 0.219. The Kier molecular flexibility index (Phi) is 18.3. The number of hydrogen-bond donors (Lipinski definition) is 1. The molecule has 2 heteroatoms. The summed E-state index contributed by atoms with van der Waals surface area (Å²) < 4.78 is 0. The lowest BCUT2D eigenvalue weighted by Crippen LogP contribution is -2.19. The molecule has 0 bridgehead atoms. The fourth-order valence-corrected chi connectivity index (χ4v) is 6.00. The first kappa shape index (κ1) is 40.6. The molecule has 1 N–H and O–H groups in total. The van der Waals surface area contributed by atoms with Gasteiger partial charge in [0.2, 0.25) is 0 Å². The average molecular weight is 625 g/mol. The largest absolute Gasteiger partial charge is 0.481 e. The standard InChI is InChI=1S/C40H56.C4H8O2/c1-31(19-13-21-33(3)25-27-37-35(5)23-15-29-39(37,7)8)17-11-12-18-32(2)20-14-22-34(4)26-28-38-36(6)24-16-30-40(38,9)10;1-2-3-4(5)6/h11-14,17-22,25-28H,15-16,23-24,29-30H2,1-10H3;2-3H2,1H3,(H,5,6)/b12-11+,19-13+,20-14+,27-25+,28-26+,31-17+,32-18+,33-21+,34-22+;. The van der Waals surface area contributed by atoms with Gasteiger partial charge < -0.3 is 5.11 Å². The van der Waals surface area contributed by atoms with E-state index >= 15 is 0 Å². The molecule has 0 unspecified atom stereocenters. The van der Waals surface area contributed by atoms with E-state index in [0.717, 1.165) is 6.42 Å². The lowest BCUT2D eigenvalue weighted by atomic mass is 9.72. The van der Waals surface area contributed by atoms with Crippen LogP contribution in [0.3, 0.4) is 0 Å². The lowest BCUT2D eigenvalue weighted by molar-refractivity contribution is -0.137. The van der Waals surface area contributed by atoms with Gasteiger partial charge in [0.1, 0.15) is 0 Å². The number of hydrogen-bond acceptors (Lipinski definition) is 1. The summed E-state index contributed by atoms with van der Waals surface area (Å²) in [5.41, 5.74) is 11.7. The van der Waals surface area contributed by atoms with E-state index in [9.17, 15) is 4.79 Å². The Balaban J connectivity index is 0.00000160. The summed E-state index contributed by atoms with van der Waals surface area (Å²) >= 11 is 0. The number of aliphatic carboxylic acids is 1. The third kappa shape index (κ3) is 16.3. The maximum atomic E-state index is 9.60. The number of allylic oxidation sites excluding steroid dienone is 22. The molecule has 0 amide bonds. The van der Waals surface area contributed by atoms with Gasteiger partial charge in [-0.3, -0.25) is 4.79 Å². The van der Waals surface area contributed by atoms with Crippen LogP contribution in [0, 0.1) is 10.8 Å². The van der Waals surface area contributed by atoms with Gasteiger partial charge in [0.25, 0.3) is 0 Å². The van der Waals surface area contributed by atoms with Gasteiger partial charge in [-0.25, -0.2) is 0 Å². The van der Waals surface area contributed by atoms with Crippen LogP contribution in [-0.4, -0.2) is 11.1 Å². The van der Waals surface area contributed by atoms with Gasteiger partial charge in [0, 0.05) is 6.42 Å². The molecule has 0 atom stereocenters. The van der Waals surface area contributed by atoms with Gasteiger partial charge in [0.05, 0.1) is 0 Å². The van der Waals surface area contributed by atoms with Crippen molar-refractivity contribution in [2.45, 2.75) is 128 Å². The second-order valence-electron chi connectivity index (χ2n) is 14.4. The smallest absolute Gasteiger partial charge is 0.303 e. The summed E-state index contributed by atoms with van der Waals surface area (Å²) in [4.78, 5) is 9.60. The molecule has 0 heterocycles. The van der Waals surface area contributed by atoms with Crippen LogP contribution < -0.4 is 0 Å². The van der Waals surface area contributed by atoms with Crippen LogP contribution >= 0.6 is 0 Å². The third-order valence-electron chi connectivity index (χ3n) is 8.84. The summed E-state index contributed by atoms with van der Waals surface area (Å²) in [6.07, 6.45) is 39.4. The maximum absolute atomic E-state index is 9.60. The van der Waals surface area contributed by atoms with E-state index in [4.69, 9.17) is 5.11 Å². The fraction of sp³-hybridized carbons (Fsp3) is 0.477. The lowest BCUT2D eigenvalue weighted by Gasteiger charge is -2.33. The monoisotopic (exact) mass is 624 g/mol. The molecule has 0 fully saturated rings. The van der Waals surface area contributed by atoms with Crippen molar-refractivity contribution in [1.82, 2.24) is 0 Å². The second-order valence-corrected chi connectivity index (χ2v) is 14.4. The molecule has 0 aliphatic heterocycles. The van der Waals surface area contributed by atoms with E-state index in [2.05, 4.69) is 154 Å². The topological polar surface area (TPSA) is 37.3 Å². The Morgan fingerprint density at radius 2 is 0.978 bits per heavy atom. The molecule has 2 aliphatic carbocycles. The van der Waals surface area contributed by atoms with Crippen LogP contribution in [-0.2, 0) is 4.79 Å². The van der Waals surface area contributed by atoms with E-state index in [1.165, 1.54) is 72.0 Å². The summed E-state index contributed by atoms with van der Waals surface area (Å²) in [5, 5.41) is 7.91. The zero-order chi connectivity index (χ0) is 34.8. The van der Waals surface area contributed by atoms with Gasteiger partial charge in [-0.2, -0.15) is 0 Å². The van der Waals surface area contributed by atoms with Gasteiger partial charge in [-0.1, -0.05) is 153 Å². The van der Waals surface area contributed by atoms with Crippen LogP contribution in [0.2, 0.25) is 0 Å². The molecule has 0 saturated heterocycles. The van der Waals surface area contributed by atoms with Gasteiger partial charge in [-0.15, -0.1) is 0 Å². The van der Waals surface area contributed by atoms with E-state index in [0.29, 0.717) is 17.3 Å². The third-order valence-corrected chi connectivity index (χ3v) is 8.84. The molecule has 2 rings (SSSR count). The fourth-order valence-electron chi connectivity index (χ4n) is 6.00. The molecule has 0 aromatic heterocycles. The Labute approximate surface area is 283 Å². The number of carboxylic acid groups (broad SMARTS) is 1. The number of rotatable bonds is 12. The van der Waals surface area contributed by atoms with Crippen molar-refractivity contribution in [1.29, 1.82) is 0 Å². The van der Waals surface area contributed by atoms with Crippen LogP contribution in [0.1, 0.15) is 128 Å². The molecule has 0 aromatic rings. The first-order chi connectivity index (χ1) is 21.6. The van der Waals surface area contributed by atoms with E-state index in [1.54, 1.807) is 11.1 Å². The molecule has 252 valence electrons. The molecule has 0 spiro atoms. The minimum Gasteiger partial charge on any atom is -0.481 e. The normalized spacial score (nSPS) is 20.2. The molecule has 0 radical (unpaired) electrons.